The Balaban J connectivity index is 1.46. The lowest BCUT2D eigenvalue weighted by atomic mass is 10.1. The van der Waals surface area contributed by atoms with Crippen molar-refractivity contribution in [3.05, 3.63) is 53.9 Å². The maximum Gasteiger partial charge on any atom is 0.257 e. The molecule has 2 heterocycles. The Labute approximate surface area is 168 Å². The number of hydrogen-bond donors (Lipinski definition) is 1. The van der Waals surface area contributed by atoms with Crippen LogP contribution in [0.5, 0.6) is 0 Å². The molecule has 150 valence electrons. The van der Waals surface area contributed by atoms with Gasteiger partial charge in [0, 0.05) is 38.1 Å². The van der Waals surface area contributed by atoms with Crippen LogP contribution in [-0.4, -0.2) is 64.4 Å². The minimum atomic E-state index is 0.0298. The second-order valence-electron chi connectivity index (χ2n) is 7.67. The van der Waals surface area contributed by atoms with Crippen LogP contribution >= 0.6 is 0 Å². The highest BCUT2D eigenvalue weighted by Crippen LogP contribution is 2.11. The van der Waals surface area contributed by atoms with Crippen LogP contribution in [0.4, 0.5) is 5.95 Å². The van der Waals surface area contributed by atoms with Gasteiger partial charge in [-0.2, -0.15) is 0 Å². The number of amides is 1. The molecule has 1 aromatic heterocycles. The molecule has 6 nitrogen and oxygen atoms in total. The zero-order valence-corrected chi connectivity index (χ0v) is 17.0. The summed E-state index contributed by atoms with van der Waals surface area (Å²) >= 11 is 0. The van der Waals surface area contributed by atoms with E-state index < -0.39 is 0 Å². The monoisotopic (exact) mass is 381 g/mol. The van der Waals surface area contributed by atoms with E-state index in [-0.39, 0.29) is 11.9 Å². The van der Waals surface area contributed by atoms with E-state index in [1.165, 1.54) is 5.56 Å². The first-order valence-electron chi connectivity index (χ1n) is 10.3. The van der Waals surface area contributed by atoms with Crippen LogP contribution < -0.4 is 5.32 Å². The lowest BCUT2D eigenvalue weighted by Gasteiger charge is -2.22. The quantitative estimate of drug-likeness (QED) is 0.799. The molecule has 1 aliphatic heterocycles. The minimum absolute atomic E-state index is 0.0298. The third kappa shape index (κ3) is 6.02. The summed E-state index contributed by atoms with van der Waals surface area (Å²) in [6.07, 6.45) is 6.51. The van der Waals surface area contributed by atoms with E-state index in [1.54, 1.807) is 12.4 Å². The molecule has 28 heavy (non-hydrogen) atoms. The SMILES string of the molecule is CC(C)Nc1ncc(C(=O)N2CCCN(CCCc3ccccc3)CC2)cn1. The number of nitrogens with one attached hydrogen (secondary N) is 1. The largest absolute Gasteiger partial charge is 0.352 e. The van der Waals surface area contributed by atoms with Gasteiger partial charge in [0.05, 0.1) is 5.56 Å². The van der Waals surface area contributed by atoms with Crippen molar-refractivity contribution >= 4 is 11.9 Å². The highest BCUT2D eigenvalue weighted by molar-refractivity contribution is 5.93. The lowest BCUT2D eigenvalue weighted by Crippen LogP contribution is -2.35. The fourth-order valence-electron chi connectivity index (χ4n) is 3.50. The molecular formula is C22H31N5O. The number of carbonyl (C=O) groups is 1. The minimum Gasteiger partial charge on any atom is -0.352 e. The molecule has 1 saturated heterocycles. The third-order valence-electron chi connectivity index (χ3n) is 4.97. The van der Waals surface area contributed by atoms with Crippen LogP contribution in [-0.2, 0) is 6.42 Å². The molecule has 0 radical (unpaired) electrons. The van der Waals surface area contributed by atoms with E-state index in [0.717, 1.165) is 52.0 Å². The first-order valence-corrected chi connectivity index (χ1v) is 10.3. The van der Waals surface area contributed by atoms with Crippen LogP contribution in [0.15, 0.2) is 42.7 Å². The number of hydrogen-bond acceptors (Lipinski definition) is 5. The molecule has 6 heteroatoms. The van der Waals surface area contributed by atoms with E-state index in [2.05, 4.69) is 50.5 Å². The van der Waals surface area contributed by atoms with Gasteiger partial charge in [0.1, 0.15) is 0 Å². The molecule has 0 saturated carbocycles. The van der Waals surface area contributed by atoms with Crippen molar-refractivity contribution < 1.29 is 4.79 Å². The highest BCUT2D eigenvalue weighted by Gasteiger charge is 2.20. The average molecular weight is 382 g/mol. The van der Waals surface area contributed by atoms with E-state index in [0.29, 0.717) is 11.5 Å². The molecule has 2 aromatic rings. The van der Waals surface area contributed by atoms with Crippen LogP contribution in [0.25, 0.3) is 0 Å². The normalized spacial score (nSPS) is 15.5. The number of aromatic nitrogens is 2. The summed E-state index contributed by atoms with van der Waals surface area (Å²) in [7, 11) is 0. The topological polar surface area (TPSA) is 61.4 Å². The first kappa shape index (κ1) is 20.3. The summed E-state index contributed by atoms with van der Waals surface area (Å²) in [6, 6.07) is 10.9. The van der Waals surface area contributed by atoms with E-state index in [1.807, 2.05) is 18.7 Å². The van der Waals surface area contributed by atoms with Crippen LogP contribution in [0.1, 0.15) is 42.6 Å². The number of nitrogens with zero attached hydrogens (tertiary/aromatic N) is 4. The van der Waals surface area contributed by atoms with Gasteiger partial charge in [-0.05, 0) is 51.8 Å². The molecular weight excluding hydrogens is 350 g/mol. The van der Waals surface area contributed by atoms with Crippen molar-refractivity contribution in [2.24, 2.45) is 0 Å². The zero-order chi connectivity index (χ0) is 19.8. The van der Waals surface area contributed by atoms with Crippen LogP contribution in [0.2, 0.25) is 0 Å². The van der Waals surface area contributed by atoms with Gasteiger partial charge < -0.3 is 15.1 Å². The van der Waals surface area contributed by atoms with Crippen molar-refractivity contribution in [2.45, 2.75) is 39.2 Å². The van der Waals surface area contributed by atoms with E-state index >= 15 is 0 Å². The fourth-order valence-corrected chi connectivity index (χ4v) is 3.50. The molecule has 1 aromatic carbocycles. The van der Waals surface area contributed by atoms with Crippen molar-refractivity contribution in [3.63, 3.8) is 0 Å². The second kappa shape index (κ2) is 10.2. The third-order valence-corrected chi connectivity index (χ3v) is 4.97. The van der Waals surface area contributed by atoms with Crippen molar-refractivity contribution in [1.82, 2.24) is 19.8 Å². The molecule has 0 unspecified atom stereocenters. The van der Waals surface area contributed by atoms with Crippen LogP contribution in [0, 0.1) is 0 Å². The van der Waals surface area contributed by atoms with Crippen LogP contribution in [0.3, 0.4) is 0 Å². The number of benzene rings is 1. The molecule has 0 aliphatic carbocycles. The Morgan fingerprint density at radius 1 is 1.07 bits per heavy atom. The zero-order valence-electron chi connectivity index (χ0n) is 17.0. The molecule has 0 atom stereocenters. The van der Waals surface area contributed by atoms with Gasteiger partial charge in [-0.3, -0.25) is 4.79 Å². The summed E-state index contributed by atoms with van der Waals surface area (Å²) in [6.45, 7) is 8.67. The molecule has 3 rings (SSSR count). The summed E-state index contributed by atoms with van der Waals surface area (Å²) in [5.41, 5.74) is 1.95. The summed E-state index contributed by atoms with van der Waals surface area (Å²) in [5.74, 6) is 0.592. The number of aryl methyl sites for hydroxylation is 1. The Morgan fingerprint density at radius 3 is 2.54 bits per heavy atom. The van der Waals surface area contributed by atoms with Gasteiger partial charge in [-0.25, -0.2) is 9.97 Å². The molecule has 1 fully saturated rings. The number of rotatable bonds is 7. The predicted molar refractivity (Wildman–Crippen MR) is 113 cm³/mol. The van der Waals surface area contributed by atoms with Gasteiger partial charge >= 0.3 is 0 Å². The fraction of sp³-hybridized carbons (Fsp3) is 0.500. The van der Waals surface area contributed by atoms with Gasteiger partial charge in [-0.15, -0.1) is 0 Å². The predicted octanol–water partition coefficient (Wildman–Crippen LogP) is 3.08. The first-order chi connectivity index (χ1) is 13.6. The molecule has 1 aliphatic rings. The number of carbonyl (C=O) groups excluding carboxylic acids is 1. The Morgan fingerprint density at radius 2 is 1.82 bits per heavy atom. The van der Waals surface area contributed by atoms with Gasteiger partial charge in [0.15, 0.2) is 0 Å². The Bertz CT molecular complexity index is 732. The molecule has 1 N–H and O–H groups in total. The van der Waals surface area contributed by atoms with Crippen molar-refractivity contribution in [1.29, 1.82) is 0 Å². The maximum atomic E-state index is 12.8. The molecule has 0 bridgehead atoms. The Hall–Kier alpha value is -2.47. The summed E-state index contributed by atoms with van der Waals surface area (Å²) in [5, 5.41) is 3.14. The number of anilines is 1. The summed E-state index contributed by atoms with van der Waals surface area (Å²) in [4.78, 5) is 25.7. The van der Waals surface area contributed by atoms with Crippen molar-refractivity contribution in [2.75, 3.05) is 38.0 Å². The van der Waals surface area contributed by atoms with E-state index in [4.69, 9.17) is 0 Å². The smallest absolute Gasteiger partial charge is 0.257 e. The molecule has 1 amide bonds. The van der Waals surface area contributed by atoms with Gasteiger partial charge in [0.25, 0.3) is 5.91 Å². The second-order valence-corrected chi connectivity index (χ2v) is 7.67. The standard InChI is InChI=1S/C22H31N5O/c1-18(2)25-22-23-16-20(17-24-22)21(28)27-13-7-12-26(14-15-27)11-6-10-19-8-4-3-5-9-19/h3-5,8-9,16-18H,6-7,10-15H2,1-2H3,(H,23,24,25). The maximum absolute atomic E-state index is 12.8. The lowest BCUT2D eigenvalue weighted by molar-refractivity contribution is 0.0760. The molecule has 0 spiro atoms. The van der Waals surface area contributed by atoms with Gasteiger partial charge in [-0.1, -0.05) is 30.3 Å². The summed E-state index contributed by atoms with van der Waals surface area (Å²) < 4.78 is 0. The highest BCUT2D eigenvalue weighted by atomic mass is 16.2. The Kier molecular flexibility index (Phi) is 7.37. The van der Waals surface area contributed by atoms with Crippen molar-refractivity contribution in [3.8, 4) is 0 Å². The van der Waals surface area contributed by atoms with E-state index in [9.17, 15) is 4.79 Å². The average Bonchev–Trinajstić information content (AvgIpc) is 2.94. The van der Waals surface area contributed by atoms with Gasteiger partial charge in [0.2, 0.25) is 5.95 Å².